The molecule has 0 atom stereocenters. The molecule has 2 heterocycles. The van der Waals surface area contributed by atoms with E-state index in [1.54, 1.807) is 26.4 Å². The lowest BCUT2D eigenvalue weighted by atomic mass is 10.1. The van der Waals surface area contributed by atoms with Crippen molar-refractivity contribution in [2.45, 2.75) is 25.7 Å². The number of piperazine rings is 1. The summed E-state index contributed by atoms with van der Waals surface area (Å²) in [5.74, 6) is 1.44. The van der Waals surface area contributed by atoms with Crippen molar-refractivity contribution in [1.82, 2.24) is 14.7 Å². The zero-order valence-corrected chi connectivity index (χ0v) is 18.1. The fourth-order valence-corrected chi connectivity index (χ4v) is 4.05. The minimum atomic E-state index is -0.0293. The van der Waals surface area contributed by atoms with Gasteiger partial charge in [-0.15, -0.1) is 0 Å². The van der Waals surface area contributed by atoms with Gasteiger partial charge in [0.2, 0.25) is 11.8 Å². The van der Waals surface area contributed by atoms with Gasteiger partial charge in [0.05, 0.1) is 20.8 Å². The zero-order chi connectivity index (χ0) is 21.3. The second-order valence-electron chi connectivity index (χ2n) is 7.81. The smallest absolute Gasteiger partial charge is 0.246 e. The monoisotopic (exact) mass is 415 g/mol. The van der Waals surface area contributed by atoms with E-state index in [1.807, 2.05) is 28.0 Å². The molecule has 1 aromatic carbocycles. The van der Waals surface area contributed by atoms with Gasteiger partial charge in [-0.3, -0.25) is 14.5 Å². The van der Waals surface area contributed by atoms with Gasteiger partial charge in [0.25, 0.3) is 0 Å². The summed E-state index contributed by atoms with van der Waals surface area (Å²) in [5, 5.41) is 0. The van der Waals surface area contributed by atoms with Crippen LogP contribution in [-0.4, -0.2) is 86.5 Å². The molecular weight excluding hydrogens is 382 g/mol. The van der Waals surface area contributed by atoms with Crippen molar-refractivity contribution in [3.63, 3.8) is 0 Å². The van der Waals surface area contributed by atoms with Gasteiger partial charge in [0, 0.05) is 50.9 Å². The molecule has 1 aromatic rings. The number of benzene rings is 1. The summed E-state index contributed by atoms with van der Waals surface area (Å²) < 4.78 is 10.7. The first kappa shape index (κ1) is 22.2. The maximum Gasteiger partial charge on any atom is 0.246 e. The second kappa shape index (κ2) is 11.0. The van der Waals surface area contributed by atoms with Crippen LogP contribution in [0.2, 0.25) is 0 Å². The Bertz CT molecular complexity index is 749. The van der Waals surface area contributed by atoms with Crippen LogP contribution in [-0.2, 0) is 9.59 Å². The lowest BCUT2D eigenvalue weighted by Crippen LogP contribution is -2.51. The Morgan fingerprint density at radius 3 is 2.23 bits per heavy atom. The van der Waals surface area contributed by atoms with Crippen LogP contribution in [0.15, 0.2) is 24.3 Å². The minimum absolute atomic E-state index is 0.0293. The van der Waals surface area contributed by atoms with Crippen LogP contribution in [0.5, 0.6) is 11.5 Å². The molecule has 164 valence electrons. The third-order valence-electron chi connectivity index (χ3n) is 5.84. The highest BCUT2D eigenvalue weighted by atomic mass is 16.5. The van der Waals surface area contributed by atoms with Gasteiger partial charge < -0.3 is 19.3 Å². The van der Waals surface area contributed by atoms with Gasteiger partial charge in [-0.1, -0.05) is 25.0 Å². The number of carbonyl (C=O) groups excluding carboxylic acids is 2. The Morgan fingerprint density at radius 2 is 1.60 bits per heavy atom. The number of hydrogen-bond acceptors (Lipinski definition) is 5. The van der Waals surface area contributed by atoms with E-state index in [1.165, 1.54) is 12.8 Å². The Hall–Kier alpha value is -2.54. The van der Waals surface area contributed by atoms with Crippen LogP contribution in [0, 0.1) is 0 Å². The summed E-state index contributed by atoms with van der Waals surface area (Å²) >= 11 is 0. The van der Waals surface area contributed by atoms with Crippen molar-refractivity contribution in [3.8, 4) is 11.5 Å². The van der Waals surface area contributed by atoms with Crippen molar-refractivity contribution in [2.24, 2.45) is 0 Å². The van der Waals surface area contributed by atoms with Crippen LogP contribution < -0.4 is 9.47 Å². The Morgan fingerprint density at radius 1 is 0.900 bits per heavy atom. The fourth-order valence-electron chi connectivity index (χ4n) is 4.05. The van der Waals surface area contributed by atoms with Crippen molar-refractivity contribution < 1.29 is 19.1 Å². The number of amides is 2. The topological polar surface area (TPSA) is 62.3 Å². The zero-order valence-electron chi connectivity index (χ0n) is 18.1. The third-order valence-corrected chi connectivity index (χ3v) is 5.84. The number of nitrogens with zero attached hydrogens (tertiary/aromatic N) is 3. The molecule has 30 heavy (non-hydrogen) atoms. The molecule has 7 nitrogen and oxygen atoms in total. The molecule has 0 unspecified atom stereocenters. The first-order valence-electron chi connectivity index (χ1n) is 10.8. The van der Waals surface area contributed by atoms with Crippen molar-refractivity contribution in [2.75, 3.05) is 60.0 Å². The minimum Gasteiger partial charge on any atom is -0.493 e. The molecule has 0 bridgehead atoms. The van der Waals surface area contributed by atoms with E-state index in [4.69, 9.17) is 9.47 Å². The van der Waals surface area contributed by atoms with E-state index in [-0.39, 0.29) is 11.8 Å². The summed E-state index contributed by atoms with van der Waals surface area (Å²) in [5.41, 5.74) is 0.798. The van der Waals surface area contributed by atoms with E-state index < -0.39 is 0 Å². The number of carbonyl (C=O) groups is 2. The molecule has 0 radical (unpaired) electrons. The predicted octanol–water partition coefficient (Wildman–Crippen LogP) is 2.26. The van der Waals surface area contributed by atoms with Crippen LogP contribution in [0.3, 0.4) is 0 Å². The summed E-state index contributed by atoms with van der Waals surface area (Å²) in [4.78, 5) is 31.2. The third kappa shape index (κ3) is 5.75. The van der Waals surface area contributed by atoms with Gasteiger partial charge >= 0.3 is 0 Å². The molecule has 3 rings (SSSR count). The Balaban J connectivity index is 1.49. The lowest BCUT2D eigenvalue weighted by molar-refractivity contribution is -0.133. The lowest BCUT2D eigenvalue weighted by Gasteiger charge is -2.35. The molecule has 2 aliphatic heterocycles. The van der Waals surface area contributed by atoms with Crippen LogP contribution >= 0.6 is 0 Å². The van der Waals surface area contributed by atoms with Gasteiger partial charge in [-0.25, -0.2) is 0 Å². The van der Waals surface area contributed by atoms with Crippen molar-refractivity contribution >= 4 is 17.9 Å². The van der Waals surface area contributed by atoms with E-state index >= 15 is 0 Å². The number of hydrogen-bond donors (Lipinski definition) is 0. The summed E-state index contributed by atoms with van der Waals surface area (Å²) in [7, 11) is 3.18. The average molecular weight is 416 g/mol. The number of para-hydroxylation sites is 1. The Labute approximate surface area is 179 Å². The largest absolute Gasteiger partial charge is 0.493 e. The summed E-state index contributed by atoms with van der Waals surface area (Å²) in [6.45, 7) is 4.94. The van der Waals surface area contributed by atoms with E-state index in [2.05, 4.69) is 4.90 Å². The molecule has 2 amide bonds. The molecule has 0 aromatic heterocycles. The van der Waals surface area contributed by atoms with Gasteiger partial charge in [0.1, 0.15) is 0 Å². The molecule has 2 saturated heterocycles. The quantitative estimate of drug-likeness (QED) is 0.667. The molecule has 0 aliphatic carbocycles. The predicted molar refractivity (Wildman–Crippen MR) is 117 cm³/mol. The normalized spacial score (nSPS) is 18.3. The average Bonchev–Trinajstić information content (AvgIpc) is 3.07. The maximum absolute atomic E-state index is 12.6. The van der Waals surface area contributed by atoms with Gasteiger partial charge in [-0.05, 0) is 25.0 Å². The van der Waals surface area contributed by atoms with Crippen molar-refractivity contribution in [1.29, 1.82) is 0 Å². The molecule has 0 spiro atoms. The van der Waals surface area contributed by atoms with Gasteiger partial charge in [0.15, 0.2) is 11.5 Å². The van der Waals surface area contributed by atoms with Gasteiger partial charge in [-0.2, -0.15) is 0 Å². The van der Waals surface area contributed by atoms with Crippen LogP contribution in [0.1, 0.15) is 31.2 Å². The van der Waals surface area contributed by atoms with E-state index in [0.29, 0.717) is 31.1 Å². The highest BCUT2D eigenvalue weighted by Gasteiger charge is 2.23. The molecule has 0 N–H and O–H groups in total. The highest BCUT2D eigenvalue weighted by Crippen LogP contribution is 2.31. The summed E-state index contributed by atoms with van der Waals surface area (Å²) in [6.07, 6.45) is 8.00. The van der Waals surface area contributed by atoms with E-state index in [9.17, 15) is 9.59 Å². The van der Waals surface area contributed by atoms with Crippen LogP contribution in [0.25, 0.3) is 6.08 Å². The van der Waals surface area contributed by atoms with E-state index in [0.717, 1.165) is 44.6 Å². The first-order chi connectivity index (χ1) is 14.6. The molecule has 2 aliphatic rings. The fraction of sp³-hybridized carbons (Fsp3) is 0.565. The number of rotatable bonds is 6. The second-order valence-corrected chi connectivity index (χ2v) is 7.81. The molecule has 7 heteroatoms. The maximum atomic E-state index is 12.6. The highest BCUT2D eigenvalue weighted by molar-refractivity contribution is 5.92. The number of ether oxygens (including phenoxy) is 2. The standard InChI is InChI=1S/C23H33N3O4/c1-29-20-9-7-8-19(23(20)30-2)10-11-21(27)26-16-14-24(15-17-26)18-22(28)25-12-5-3-4-6-13-25/h7-11H,3-6,12-18H2,1-2H3/b11-10+. The molecule has 2 fully saturated rings. The first-order valence-corrected chi connectivity index (χ1v) is 10.8. The van der Waals surface area contributed by atoms with Crippen LogP contribution in [0.4, 0.5) is 0 Å². The number of likely N-dealkylation sites (tertiary alicyclic amines) is 1. The SMILES string of the molecule is COc1cccc(/C=C/C(=O)N2CCN(CC(=O)N3CCCCCC3)CC2)c1OC. The van der Waals surface area contributed by atoms with Crippen molar-refractivity contribution in [3.05, 3.63) is 29.8 Å². The molecular formula is C23H33N3O4. The summed E-state index contributed by atoms with van der Waals surface area (Å²) in [6, 6.07) is 5.58. The Kier molecular flexibility index (Phi) is 8.13. The number of methoxy groups -OCH3 is 2. The molecule has 0 saturated carbocycles.